The van der Waals surface area contributed by atoms with Gasteiger partial charge in [-0.25, -0.2) is 9.78 Å². The molecule has 1 amide bonds. The number of ether oxygens (including phenoxy) is 1. The lowest BCUT2D eigenvalue weighted by atomic mass is 10.1. The summed E-state index contributed by atoms with van der Waals surface area (Å²) in [6, 6.07) is 4.86. The molecule has 0 radical (unpaired) electrons. The summed E-state index contributed by atoms with van der Waals surface area (Å²) in [5.41, 5.74) is 0.497. The van der Waals surface area contributed by atoms with E-state index in [1.165, 1.54) is 6.42 Å². The van der Waals surface area contributed by atoms with Gasteiger partial charge < -0.3 is 9.64 Å². The van der Waals surface area contributed by atoms with Gasteiger partial charge in [0.1, 0.15) is 11.4 Å². The van der Waals surface area contributed by atoms with E-state index < -0.39 is 5.97 Å². The predicted octanol–water partition coefficient (Wildman–Crippen LogP) is 1.88. The van der Waals surface area contributed by atoms with Crippen molar-refractivity contribution in [2.45, 2.75) is 26.2 Å². The van der Waals surface area contributed by atoms with Crippen molar-refractivity contribution >= 4 is 11.9 Å². The Morgan fingerprint density at radius 3 is 2.58 bits per heavy atom. The second-order valence-corrected chi connectivity index (χ2v) is 4.48. The molecule has 5 nitrogen and oxygen atoms in total. The van der Waals surface area contributed by atoms with E-state index in [1.54, 1.807) is 30.0 Å². The van der Waals surface area contributed by atoms with Gasteiger partial charge in [-0.3, -0.25) is 4.79 Å². The van der Waals surface area contributed by atoms with E-state index in [2.05, 4.69) is 4.98 Å². The average Bonchev–Trinajstić information content (AvgIpc) is 2.48. The molecule has 0 aliphatic carbocycles. The van der Waals surface area contributed by atoms with Gasteiger partial charge in [-0.2, -0.15) is 0 Å². The van der Waals surface area contributed by atoms with Gasteiger partial charge in [0.25, 0.3) is 5.91 Å². The number of piperidine rings is 1. The van der Waals surface area contributed by atoms with Gasteiger partial charge in [0.05, 0.1) is 6.61 Å². The summed E-state index contributed by atoms with van der Waals surface area (Å²) in [7, 11) is 0. The zero-order valence-corrected chi connectivity index (χ0v) is 11.1. The minimum atomic E-state index is -0.490. The van der Waals surface area contributed by atoms with Crippen molar-refractivity contribution in [3.05, 3.63) is 29.6 Å². The Labute approximate surface area is 112 Å². The number of amides is 1. The van der Waals surface area contributed by atoms with Gasteiger partial charge in [-0.1, -0.05) is 6.07 Å². The van der Waals surface area contributed by atoms with E-state index in [9.17, 15) is 9.59 Å². The van der Waals surface area contributed by atoms with Crippen LogP contribution in [0.1, 0.15) is 47.2 Å². The first-order valence-electron chi connectivity index (χ1n) is 6.66. The smallest absolute Gasteiger partial charge is 0.356 e. The maximum absolute atomic E-state index is 12.2. The maximum atomic E-state index is 12.2. The van der Waals surface area contributed by atoms with Crippen LogP contribution in [0.15, 0.2) is 18.2 Å². The second kappa shape index (κ2) is 6.31. The Balaban J connectivity index is 2.13. The zero-order chi connectivity index (χ0) is 13.7. The standard InChI is InChI=1S/C14H18N2O3/c1-2-19-14(18)12-8-6-7-11(15-12)13(17)16-9-4-3-5-10-16/h6-8H,2-5,9-10H2,1H3. The lowest BCUT2D eigenvalue weighted by Gasteiger charge is -2.26. The molecule has 0 spiro atoms. The van der Waals surface area contributed by atoms with Gasteiger partial charge >= 0.3 is 5.97 Å². The van der Waals surface area contributed by atoms with Crippen LogP contribution in [0.25, 0.3) is 0 Å². The average molecular weight is 262 g/mol. The quantitative estimate of drug-likeness (QED) is 0.780. The van der Waals surface area contributed by atoms with Crippen LogP contribution in [-0.2, 0) is 4.74 Å². The van der Waals surface area contributed by atoms with Crippen molar-refractivity contribution in [1.82, 2.24) is 9.88 Å². The van der Waals surface area contributed by atoms with Crippen molar-refractivity contribution in [2.24, 2.45) is 0 Å². The Hall–Kier alpha value is -1.91. The summed E-state index contributed by atoms with van der Waals surface area (Å²) >= 11 is 0. The van der Waals surface area contributed by atoms with Crippen molar-refractivity contribution < 1.29 is 14.3 Å². The van der Waals surface area contributed by atoms with Crippen LogP contribution in [0.2, 0.25) is 0 Å². The monoisotopic (exact) mass is 262 g/mol. The third-order valence-corrected chi connectivity index (χ3v) is 3.10. The first-order chi connectivity index (χ1) is 9.22. The van der Waals surface area contributed by atoms with Gasteiger partial charge in [0.15, 0.2) is 0 Å². The van der Waals surface area contributed by atoms with Crippen molar-refractivity contribution in [2.75, 3.05) is 19.7 Å². The summed E-state index contributed by atoms with van der Waals surface area (Å²) in [5.74, 6) is -0.596. The van der Waals surface area contributed by atoms with Crippen LogP contribution < -0.4 is 0 Å². The minimum absolute atomic E-state index is 0.106. The highest BCUT2D eigenvalue weighted by atomic mass is 16.5. The van der Waals surface area contributed by atoms with Gasteiger partial charge in [-0.05, 0) is 38.3 Å². The van der Waals surface area contributed by atoms with Crippen LogP contribution in [0.4, 0.5) is 0 Å². The SMILES string of the molecule is CCOC(=O)c1cccc(C(=O)N2CCCCC2)n1. The van der Waals surface area contributed by atoms with Crippen LogP contribution in [-0.4, -0.2) is 41.5 Å². The molecular weight excluding hydrogens is 244 g/mol. The molecule has 102 valence electrons. The molecule has 0 saturated carbocycles. The number of aromatic nitrogens is 1. The molecule has 1 aromatic heterocycles. The van der Waals surface area contributed by atoms with Crippen LogP contribution in [0, 0.1) is 0 Å². The number of carbonyl (C=O) groups is 2. The molecule has 0 unspecified atom stereocenters. The fourth-order valence-corrected chi connectivity index (χ4v) is 2.13. The van der Waals surface area contributed by atoms with Crippen molar-refractivity contribution in [3.63, 3.8) is 0 Å². The number of carbonyl (C=O) groups excluding carboxylic acids is 2. The van der Waals surface area contributed by atoms with E-state index in [1.807, 2.05) is 0 Å². The van der Waals surface area contributed by atoms with Gasteiger partial charge in [0.2, 0.25) is 0 Å². The number of rotatable bonds is 3. The first kappa shape index (κ1) is 13.5. The zero-order valence-electron chi connectivity index (χ0n) is 11.1. The van der Waals surface area contributed by atoms with Crippen LogP contribution >= 0.6 is 0 Å². The summed E-state index contributed by atoms with van der Waals surface area (Å²) < 4.78 is 4.88. The van der Waals surface area contributed by atoms with Gasteiger partial charge in [0, 0.05) is 13.1 Å². The molecule has 5 heteroatoms. The second-order valence-electron chi connectivity index (χ2n) is 4.48. The summed E-state index contributed by atoms with van der Waals surface area (Å²) in [6.45, 7) is 3.57. The van der Waals surface area contributed by atoms with E-state index in [0.29, 0.717) is 12.3 Å². The highest BCUT2D eigenvalue weighted by molar-refractivity contribution is 5.94. The Kier molecular flexibility index (Phi) is 4.49. The lowest BCUT2D eigenvalue weighted by molar-refractivity contribution is 0.0519. The summed E-state index contributed by atoms with van der Waals surface area (Å²) in [6.07, 6.45) is 3.23. The number of pyridine rings is 1. The molecule has 0 N–H and O–H groups in total. The van der Waals surface area contributed by atoms with E-state index >= 15 is 0 Å². The third-order valence-electron chi connectivity index (χ3n) is 3.10. The molecule has 1 fully saturated rings. The lowest BCUT2D eigenvalue weighted by Crippen LogP contribution is -2.36. The van der Waals surface area contributed by atoms with E-state index in [0.717, 1.165) is 25.9 Å². The molecule has 0 aromatic carbocycles. The molecule has 2 rings (SSSR count). The number of hydrogen-bond acceptors (Lipinski definition) is 4. The molecule has 1 aliphatic rings. The molecule has 1 aliphatic heterocycles. The number of likely N-dealkylation sites (tertiary alicyclic amines) is 1. The van der Waals surface area contributed by atoms with Crippen molar-refractivity contribution in [3.8, 4) is 0 Å². The third kappa shape index (κ3) is 3.30. The fourth-order valence-electron chi connectivity index (χ4n) is 2.13. The molecule has 1 aromatic rings. The number of esters is 1. The molecule has 0 bridgehead atoms. The molecule has 2 heterocycles. The molecule has 0 atom stereocenters. The fraction of sp³-hybridized carbons (Fsp3) is 0.500. The van der Waals surface area contributed by atoms with Crippen LogP contribution in [0.5, 0.6) is 0 Å². The maximum Gasteiger partial charge on any atom is 0.356 e. The summed E-state index contributed by atoms with van der Waals surface area (Å²) in [5, 5.41) is 0. The van der Waals surface area contributed by atoms with Gasteiger partial charge in [-0.15, -0.1) is 0 Å². The minimum Gasteiger partial charge on any atom is -0.461 e. The summed E-state index contributed by atoms with van der Waals surface area (Å²) in [4.78, 5) is 29.7. The molecule has 1 saturated heterocycles. The topological polar surface area (TPSA) is 59.5 Å². The Bertz CT molecular complexity index is 468. The first-order valence-corrected chi connectivity index (χ1v) is 6.66. The Morgan fingerprint density at radius 2 is 1.89 bits per heavy atom. The molecular formula is C14H18N2O3. The highest BCUT2D eigenvalue weighted by Gasteiger charge is 2.20. The normalized spacial score (nSPS) is 15.1. The number of hydrogen-bond donors (Lipinski definition) is 0. The van der Waals surface area contributed by atoms with E-state index in [-0.39, 0.29) is 11.6 Å². The largest absolute Gasteiger partial charge is 0.461 e. The van der Waals surface area contributed by atoms with Crippen LogP contribution in [0.3, 0.4) is 0 Å². The van der Waals surface area contributed by atoms with E-state index in [4.69, 9.17) is 4.74 Å². The number of nitrogens with zero attached hydrogens (tertiary/aromatic N) is 2. The molecule has 19 heavy (non-hydrogen) atoms. The van der Waals surface area contributed by atoms with Crippen molar-refractivity contribution in [1.29, 1.82) is 0 Å². The highest BCUT2D eigenvalue weighted by Crippen LogP contribution is 2.12. The predicted molar refractivity (Wildman–Crippen MR) is 69.9 cm³/mol. The Morgan fingerprint density at radius 1 is 1.21 bits per heavy atom.